The van der Waals surface area contributed by atoms with Crippen LogP contribution in [0.25, 0.3) is 0 Å². The lowest BCUT2D eigenvalue weighted by Gasteiger charge is -2.27. The average molecular weight is 407 g/mol. The molecule has 1 aliphatic heterocycles. The highest BCUT2D eigenvalue weighted by atomic mass is 16.2. The van der Waals surface area contributed by atoms with Crippen LogP contribution >= 0.6 is 0 Å². The maximum absolute atomic E-state index is 13.1. The second kappa shape index (κ2) is 10.2. The Labute approximate surface area is 178 Å². The van der Waals surface area contributed by atoms with Gasteiger partial charge in [0.25, 0.3) is 5.91 Å². The van der Waals surface area contributed by atoms with Crippen molar-refractivity contribution in [1.29, 1.82) is 0 Å². The number of amides is 2. The van der Waals surface area contributed by atoms with Crippen molar-refractivity contribution in [2.75, 3.05) is 20.6 Å². The molecule has 0 aromatic heterocycles. The summed E-state index contributed by atoms with van der Waals surface area (Å²) in [6.45, 7) is 4.36. The van der Waals surface area contributed by atoms with Gasteiger partial charge in [0.2, 0.25) is 5.91 Å². The zero-order valence-corrected chi connectivity index (χ0v) is 18.0. The van der Waals surface area contributed by atoms with Crippen LogP contribution in [0.2, 0.25) is 0 Å². The molecular weight excluding hydrogens is 376 g/mol. The Bertz CT molecular complexity index is 891. The van der Waals surface area contributed by atoms with Gasteiger partial charge in [-0.15, -0.1) is 0 Å². The monoisotopic (exact) mass is 406 g/mol. The molecule has 0 bridgehead atoms. The van der Waals surface area contributed by atoms with E-state index in [-0.39, 0.29) is 11.8 Å². The van der Waals surface area contributed by atoms with Crippen LogP contribution in [0.3, 0.4) is 0 Å². The van der Waals surface area contributed by atoms with Crippen LogP contribution < -0.4 is 0 Å². The number of hydrazone groups is 1. The van der Waals surface area contributed by atoms with Gasteiger partial charge in [-0.2, -0.15) is 5.10 Å². The van der Waals surface area contributed by atoms with Gasteiger partial charge in [-0.25, -0.2) is 5.01 Å². The lowest BCUT2D eigenvalue weighted by molar-refractivity contribution is -0.132. The van der Waals surface area contributed by atoms with Crippen LogP contribution in [-0.4, -0.2) is 53.0 Å². The van der Waals surface area contributed by atoms with Gasteiger partial charge in [-0.05, 0) is 37.7 Å². The predicted octanol–water partition coefficient (Wildman–Crippen LogP) is 3.28. The highest BCUT2D eigenvalue weighted by Gasteiger charge is 2.27. The van der Waals surface area contributed by atoms with Gasteiger partial charge in [0.05, 0.1) is 6.54 Å². The smallest absolute Gasteiger partial charge is 0.270 e. The molecule has 0 atom stereocenters. The lowest BCUT2D eigenvalue weighted by atomic mass is 10.1. The molecule has 6 heteroatoms. The van der Waals surface area contributed by atoms with Crippen LogP contribution in [0.4, 0.5) is 0 Å². The Morgan fingerprint density at radius 3 is 2.17 bits per heavy atom. The van der Waals surface area contributed by atoms with Crippen molar-refractivity contribution in [2.45, 2.75) is 39.4 Å². The largest absolute Gasteiger partial charge is 0.333 e. The van der Waals surface area contributed by atoms with Gasteiger partial charge in [-0.3, -0.25) is 9.59 Å². The topological polar surface area (TPSA) is 56.2 Å². The van der Waals surface area contributed by atoms with Crippen LogP contribution in [0.5, 0.6) is 0 Å². The van der Waals surface area contributed by atoms with Gasteiger partial charge in [-0.1, -0.05) is 54.6 Å². The number of hydrogen-bond acceptors (Lipinski definition) is 4. The average Bonchev–Trinajstić information content (AvgIpc) is 2.74. The molecule has 0 spiro atoms. The summed E-state index contributed by atoms with van der Waals surface area (Å²) in [5, 5.41) is 5.85. The van der Waals surface area contributed by atoms with Crippen molar-refractivity contribution < 1.29 is 9.59 Å². The van der Waals surface area contributed by atoms with E-state index in [9.17, 15) is 9.59 Å². The normalized spacial score (nSPS) is 14.1. The third kappa shape index (κ3) is 5.76. The number of carbonyl (C=O) groups is 2. The second-order valence-corrected chi connectivity index (χ2v) is 7.86. The Kier molecular flexibility index (Phi) is 7.36. The second-order valence-electron chi connectivity index (χ2n) is 7.86. The molecule has 6 nitrogen and oxygen atoms in total. The number of hydrogen-bond donors (Lipinski definition) is 0. The van der Waals surface area contributed by atoms with Crippen LogP contribution in [0.15, 0.2) is 59.7 Å². The van der Waals surface area contributed by atoms with E-state index in [4.69, 9.17) is 0 Å². The molecule has 158 valence electrons. The fraction of sp³-hybridized carbons (Fsp3) is 0.375. The van der Waals surface area contributed by atoms with Gasteiger partial charge >= 0.3 is 0 Å². The lowest BCUT2D eigenvalue weighted by Crippen LogP contribution is -2.41. The summed E-state index contributed by atoms with van der Waals surface area (Å²) in [6, 6.07) is 18.1. The fourth-order valence-corrected chi connectivity index (χ4v) is 3.48. The van der Waals surface area contributed by atoms with Crippen molar-refractivity contribution in [3.63, 3.8) is 0 Å². The first-order chi connectivity index (χ1) is 14.5. The van der Waals surface area contributed by atoms with E-state index < -0.39 is 0 Å². The molecule has 0 saturated carbocycles. The van der Waals surface area contributed by atoms with Crippen molar-refractivity contribution >= 4 is 17.5 Å². The van der Waals surface area contributed by atoms with Gasteiger partial charge < -0.3 is 9.80 Å². The number of nitrogens with zero attached hydrogens (tertiary/aromatic N) is 4. The minimum Gasteiger partial charge on any atom is -0.333 e. The molecule has 0 aliphatic carbocycles. The molecule has 0 N–H and O–H groups in total. The molecule has 0 saturated heterocycles. The zero-order valence-electron chi connectivity index (χ0n) is 18.0. The van der Waals surface area contributed by atoms with Crippen molar-refractivity contribution in [3.8, 4) is 0 Å². The summed E-state index contributed by atoms with van der Waals surface area (Å²) in [5.74, 6) is -0.143. The SMILES string of the molecule is CCN(Cc1ccc(CN(C)C)cc1)C(=O)C1=NN(Cc2ccccc2)C(=O)CC1. The van der Waals surface area contributed by atoms with Crippen LogP contribution in [-0.2, 0) is 29.2 Å². The molecular formula is C24H30N4O2. The Morgan fingerprint density at radius 2 is 1.57 bits per heavy atom. The van der Waals surface area contributed by atoms with Crippen molar-refractivity contribution in [1.82, 2.24) is 14.8 Å². The third-order valence-electron chi connectivity index (χ3n) is 5.09. The van der Waals surface area contributed by atoms with Gasteiger partial charge in [0, 0.05) is 32.5 Å². The fourth-order valence-electron chi connectivity index (χ4n) is 3.48. The molecule has 0 radical (unpaired) electrons. The van der Waals surface area contributed by atoms with Gasteiger partial charge in [0.1, 0.15) is 5.71 Å². The summed E-state index contributed by atoms with van der Waals surface area (Å²) in [4.78, 5) is 29.3. The maximum Gasteiger partial charge on any atom is 0.270 e. The summed E-state index contributed by atoms with van der Waals surface area (Å²) in [5.41, 5.74) is 3.77. The standard InChI is InChI=1S/C24H30N4O2/c1-4-27(17-21-12-10-20(11-13-21)16-26(2)3)24(30)22-14-15-23(29)28(25-22)18-19-8-6-5-7-9-19/h5-13H,4,14-18H2,1-3H3. The first-order valence-corrected chi connectivity index (χ1v) is 10.4. The Hall–Kier alpha value is -2.99. The summed E-state index contributed by atoms with van der Waals surface area (Å²) in [7, 11) is 4.09. The van der Waals surface area contributed by atoms with E-state index in [1.807, 2.05) is 51.4 Å². The number of carbonyl (C=O) groups excluding carboxylic acids is 2. The van der Waals surface area contributed by atoms with Crippen LogP contribution in [0, 0.1) is 0 Å². The van der Waals surface area contributed by atoms with E-state index in [1.165, 1.54) is 10.6 Å². The minimum atomic E-state index is -0.0968. The molecule has 30 heavy (non-hydrogen) atoms. The molecule has 2 aromatic carbocycles. The predicted molar refractivity (Wildman–Crippen MR) is 119 cm³/mol. The van der Waals surface area contributed by atoms with Crippen molar-refractivity contribution in [2.24, 2.45) is 5.10 Å². The van der Waals surface area contributed by atoms with E-state index in [0.717, 1.165) is 17.7 Å². The molecule has 1 heterocycles. The Balaban J connectivity index is 1.69. The van der Waals surface area contributed by atoms with E-state index in [2.05, 4.69) is 34.3 Å². The third-order valence-corrected chi connectivity index (χ3v) is 5.09. The molecule has 1 aliphatic rings. The van der Waals surface area contributed by atoms with E-state index >= 15 is 0 Å². The number of rotatable bonds is 8. The van der Waals surface area contributed by atoms with Crippen molar-refractivity contribution in [3.05, 3.63) is 71.3 Å². The first-order valence-electron chi connectivity index (χ1n) is 10.4. The van der Waals surface area contributed by atoms with E-state index in [0.29, 0.717) is 38.2 Å². The van der Waals surface area contributed by atoms with Gasteiger partial charge in [0.15, 0.2) is 0 Å². The highest BCUT2D eigenvalue weighted by molar-refractivity contribution is 6.39. The summed E-state index contributed by atoms with van der Waals surface area (Å²) in [6.07, 6.45) is 0.704. The molecule has 3 rings (SSSR count). The molecule has 2 aromatic rings. The quantitative estimate of drug-likeness (QED) is 0.676. The van der Waals surface area contributed by atoms with E-state index in [1.54, 1.807) is 4.90 Å². The maximum atomic E-state index is 13.1. The molecule has 0 fully saturated rings. The summed E-state index contributed by atoms with van der Waals surface area (Å²) < 4.78 is 0. The molecule has 2 amide bonds. The minimum absolute atomic E-state index is 0.0464. The Morgan fingerprint density at radius 1 is 0.933 bits per heavy atom. The van der Waals surface area contributed by atoms with Crippen LogP contribution in [0.1, 0.15) is 36.5 Å². The molecule has 0 unspecified atom stereocenters. The first kappa shape index (κ1) is 21.7. The zero-order chi connectivity index (χ0) is 21.5. The highest BCUT2D eigenvalue weighted by Crippen LogP contribution is 2.16. The number of benzene rings is 2. The summed E-state index contributed by atoms with van der Waals surface area (Å²) >= 11 is 0.